The molecule has 1 fully saturated rings. The van der Waals surface area contributed by atoms with Crippen LogP contribution in [0.2, 0.25) is 0 Å². The number of rotatable bonds is 18. The molecule has 0 spiro atoms. The third kappa shape index (κ3) is 10.8. The van der Waals surface area contributed by atoms with E-state index in [0.29, 0.717) is 46.1 Å². The summed E-state index contributed by atoms with van der Waals surface area (Å²) in [5, 5.41) is 0. The Hall–Kier alpha value is -4.36. The minimum absolute atomic E-state index is 0.205. The van der Waals surface area contributed by atoms with Crippen LogP contribution in [-0.4, -0.2) is 31.5 Å². The van der Waals surface area contributed by atoms with Gasteiger partial charge in [-0.25, -0.2) is 0 Å². The van der Waals surface area contributed by atoms with Crippen molar-refractivity contribution in [1.29, 1.82) is 0 Å². The second-order valence-corrected chi connectivity index (χ2v) is 13.2. The fraction of sp³-hybridized carbons (Fsp3) is 0.304. The first-order chi connectivity index (χ1) is 25.2. The maximum absolute atomic E-state index is 7.07. The molecule has 2 unspecified atom stereocenters. The molecule has 1 saturated heterocycles. The summed E-state index contributed by atoms with van der Waals surface area (Å²) < 4.78 is 33.1. The van der Waals surface area contributed by atoms with E-state index in [0.717, 1.165) is 40.7 Å². The van der Waals surface area contributed by atoms with Crippen molar-refractivity contribution < 1.29 is 23.7 Å². The van der Waals surface area contributed by atoms with Crippen molar-refractivity contribution in [2.75, 3.05) is 13.2 Å². The van der Waals surface area contributed by atoms with Crippen LogP contribution in [0.25, 0.3) is 0 Å². The minimum atomic E-state index is -0.418. The predicted molar refractivity (Wildman–Crippen MR) is 203 cm³/mol. The standard InChI is InChI=1S/C46H50O5/c1-3-26-47-33-41-25-24-40(27-36-22-20-35(4-2)21-23-36)28-43(41)45-46(50-32-39-18-12-7-13-19-39)44(49-31-38-16-10-6-11-17-38)29-42(51-45)34-48-30-37-14-8-5-9-15-37/h3,5-25,28,42,44-46H,1,4,26-27,29-34H2,2H3/t42-,44?,45-,46?/m0/s1. The molecule has 51 heavy (non-hydrogen) atoms. The van der Waals surface area contributed by atoms with Crippen LogP contribution >= 0.6 is 0 Å². The molecule has 1 aliphatic heterocycles. The van der Waals surface area contributed by atoms with Gasteiger partial charge in [0.25, 0.3) is 0 Å². The molecule has 5 aromatic rings. The summed E-state index contributed by atoms with van der Waals surface area (Å²) in [6.45, 7) is 8.81. The van der Waals surface area contributed by atoms with Gasteiger partial charge in [0.1, 0.15) is 12.2 Å². The van der Waals surface area contributed by atoms with Gasteiger partial charge in [-0.2, -0.15) is 0 Å². The summed E-state index contributed by atoms with van der Waals surface area (Å²) in [6.07, 6.45) is 3.01. The van der Waals surface area contributed by atoms with E-state index in [1.54, 1.807) is 6.08 Å². The lowest BCUT2D eigenvalue weighted by Crippen LogP contribution is -2.48. The van der Waals surface area contributed by atoms with Gasteiger partial charge in [0.2, 0.25) is 0 Å². The van der Waals surface area contributed by atoms with E-state index >= 15 is 0 Å². The Morgan fingerprint density at radius 1 is 0.627 bits per heavy atom. The molecule has 264 valence electrons. The van der Waals surface area contributed by atoms with Gasteiger partial charge < -0.3 is 23.7 Å². The molecule has 5 heteroatoms. The summed E-state index contributed by atoms with van der Waals surface area (Å²) in [7, 11) is 0. The van der Waals surface area contributed by atoms with Crippen LogP contribution in [0, 0.1) is 0 Å². The fourth-order valence-electron chi connectivity index (χ4n) is 6.60. The summed E-state index contributed by atoms with van der Waals surface area (Å²) in [6, 6.07) is 46.5. The van der Waals surface area contributed by atoms with E-state index in [1.165, 1.54) is 16.7 Å². The van der Waals surface area contributed by atoms with Gasteiger partial charge in [-0.3, -0.25) is 0 Å². The monoisotopic (exact) mass is 682 g/mol. The van der Waals surface area contributed by atoms with Crippen molar-refractivity contribution >= 4 is 0 Å². The highest BCUT2D eigenvalue weighted by Crippen LogP contribution is 2.39. The molecule has 4 atom stereocenters. The Morgan fingerprint density at radius 3 is 1.84 bits per heavy atom. The van der Waals surface area contributed by atoms with Gasteiger partial charge in [-0.05, 0) is 57.3 Å². The molecule has 0 amide bonds. The van der Waals surface area contributed by atoms with Crippen molar-refractivity contribution in [1.82, 2.24) is 0 Å². The molecular weight excluding hydrogens is 633 g/mol. The Morgan fingerprint density at radius 2 is 1.22 bits per heavy atom. The molecule has 6 rings (SSSR count). The third-order valence-corrected chi connectivity index (χ3v) is 9.36. The fourth-order valence-corrected chi connectivity index (χ4v) is 6.60. The van der Waals surface area contributed by atoms with Crippen LogP contribution in [0.4, 0.5) is 0 Å². The molecule has 5 nitrogen and oxygen atoms in total. The van der Waals surface area contributed by atoms with E-state index in [-0.39, 0.29) is 18.3 Å². The Kier molecular flexibility index (Phi) is 13.8. The molecule has 0 aromatic heterocycles. The molecule has 0 aliphatic carbocycles. The lowest BCUT2D eigenvalue weighted by atomic mass is 9.88. The van der Waals surface area contributed by atoms with E-state index in [4.69, 9.17) is 23.7 Å². The van der Waals surface area contributed by atoms with Gasteiger partial charge in [-0.15, -0.1) is 6.58 Å². The van der Waals surface area contributed by atoms with E-state index in [1.807, 2.05) is 54.6 Å². The first kappa shape index (κ1) is 36.4. The Balaban J connectivity index is 1.34. The molecule has 5 aromatic carbocycles. The largest absolute Gasteiger partial charge is 0.374 e. The Bertz CT molecular complexity index is 1740. The highest BCUT2D eigenvalue weighted by molar-refractivity contribution is 5.38. The molecule has 0 saturated carbocycles. The van der Waals surface area contributed by atoms with Crippen molar-refractivity contribution in [3.05, 3.63) is 191 Å². The zero-order chi connectivity index (χ0) is 35.1. The topological polar surface area (TPSA) is 46.2 Å². The van der Waals surface area contributed by atoms with Crippen LogP contribution in [-0.2, 0) is 63.0 Å². The summed E-state index contributed by atoms with van der Waals surface area (Å²) >= 11 is 0. The average Bonchev–Trinajstić information content (AvgIpc) is 3.18. The lowest BCUT2D eigenvalue weighted by molar-refractivity contribution is -0.219. The highest BCUT2D eigenvalue weighted by atomic mass is 16.6. The van der Waals surface area contributed by atoms with Gasteiger partial charge >= 0.3 is 0 Å². The smallest absolute Gasteiger partial charge is 0.114 e. The maximum atomic E-state index is 7.07. The SMILES string of the molecule is C=CCOCc1ccc(Cc2ccc(CC)cc2)cc1[C@@H]1O[C@H](COCc2ccccc2)CC(OCc2ccccc2)C1OCc1ccccc1. The van der Waals surface area contributed by atoms with Crippen molar-refractivity contribution in [3.8, 4) is 0 Å². The molecule has 0 radical (unpaired) electrons. The van der Waals surface area contributed by atoms with Gasteiger partial charge in [0.15, 0.2) is 0 Å². The van der Waals surface area contributed by atoms with Gasteiger partial charge in [0, 0.05) is 6.42 Å². The predicted octanol–water partition coefficient (Wildman–Crippen LogP) is 9.76. The van der Waals surface area contributed by atoms with E-state index in [2.05, 4.69) is 92.4 Å². The number of aryl methyl sites for hydroxylation is 1. The van der Waals surface area contributed by atoms with Crippen LogP contribution in [0.3, 0.4) is 0 Å². The maximum Gasteiger partial charge on any atom is 0.114 e. The number of hydrogen-bond acceptors (Lipinski definition) is 5. The first-order valence-electron chi connectivity index (χ1n) is 18.1. The van der Waals surface area contributed by atoms with Crippen LogP contribution in [0.5, 0.6) is 0 Å². The Labute approximate surface area is 303 Å². The minimum Gasteiger partial charge on any atom is -0.374 e. The van der Waals surface area contributed by atoms with E-state index < -0.39 is 6.10 Å². The molecule has 1 heterocycles. The first-order valence-corrected chi connectivity index (χ1v) is 18.1. The van der Waals surface area contributed by atoms with Crippen molar-refractivity contribution in [2.24, 2.45) is 0 Å². The summed E-state index contributed by atoms with van der Waals surface area (Å²) in [5.74, 6) is 0. The third-order valence-electron chi connectivity index (χ3n) is 9.36. The number of ether oxygens (including phenoxy) is 5. The second-order valence-electron chi connectivity index (χ2n) is 13.2. The van der Waals surface area contributed by atoms with Gasteiger partial charge in [-0.1, -0.05) is 146 Å². The molecular formula is C46H50O5. The normalized spacial score (nSPS) is 18.8. The van der Waals surface area contributed by atoms with Crippen LogP contribution in [0.15, 0.2) is 146 Å². The average molecular weight is 683 g/mol. The molecule has 1 aliphatic rings. The lowest BCUT2D eigenvalue weighted by Gasteiger charge is -2.42. The highest BCUT2D eigenvalue weighted by Gasteiger charge is 2.42. The van der Waals surface area contributed by atoms with E-state index in [9.17, 15) is 0 Å². The summed E-state index contributed by atoms with van der Waals surface area (Å²) in [4.78, 5) is 0. The number of hydrogen-bond donors (Lipinski definition) is 0. The molecule has 0 N–H and O–H groups in total. The van der Waals surface area contributed by atoms with Crippen molar-refractivity contribution in [2.45, 2.75) is 77.0 Å². The number of benzene rings is 5. The zero-order valence-corrected chi connectivity index (χ0v) is 29.7. The van der Waals surface area contributed by atoms with Crippen LogP contribution in [0.1, 0.15) is 64.0 Å². The zero-order valence-electron chi connectivity index (χ0n) is 29.7. The molecule has 0 bridgehead atoms. The van der Waals surface area contributed by atoms with Gasteiger partial charge in [0.05, 0.1) is 51.8 Å². The second kappa shape index (κ2) is 19.3. The quantitative estimate of drug-likeness (QED) is 0.0680. The van der Waals surface area contributed by atoms with Crippen LogP contribution < -0.4 is 0 Å². The summed E-state index contributed by atoms with van der Waals surface area (Å²) in [5.41, 5.74) is 9.29. The van der Waals surface area contributed by atoms with Crippen molar-refractivity contribution in [3.63, 3.8) is 0 Å².